The van der Waals surface area contributed by atoms with Gasteiger partial charge in [0.05, 0.1) is 5.02 Å². The van der Waals surface area contributed by atoms with Gasteiger partial charge in [-0.15, -0.1) is 0 Å². The molecule has 106 valence electrons. The van der Waals surface area contributed by atoms with Crippen LogP contribution in [0, 0.1) is 0 Å². The number of hydrogen-bond donors (Lipinski definition) is 1. The summed E-state index contributed by atoms with van der Waals surface area (Å²) in [6.07, 6.45) is 1.84. The van der Waals surface area contributed by atoms with E-state index in [4.69, 9.17) is 33.7 Å². The van der Waals surface area contributed by atoms with Gasteiger partial charge >= 0.3 is 0 Å². The monoisotopic (exact) mass is 309 g/mol. The molecule has 2 nitrogen and oxygen atoms in total. The summed E-state index contributed by atoms with van der Waals surface area (Å²) in [5.74, 6) is 1.33. The number of halogens is 2. The number of rotatable bonds is 5. The van der Waals surface area contributed by atoms with E-state index in [1.165, 1.54) is 5.56 Å². The highest BCUT2D eigenvalue weighted by atomic mass is 35.5. The summed E-state index contributed by atoms with van der Waals surface area (Å²) in [5.41, 5.74) is 7.14. The maximum absolute atomic E-state index is 6.07. The van der Waals surface area contributed by atoms with E-state index in [9.17, 15) is 0 Å². The largest absolute Gasteiger partial charge is 0.456 e. The second-order valence-corrected chi connectivity index (χ2v) is 5.54. The number of benzene rings is 2. The molecule has 0 radical (unpaired) electrons. The van der Waals surface area contributed by atoms with E-state index in [0.717, 1.165) is 18.6 Å². The van der Waals surface area contributed by atoms with Crippen molar-refractivity contribution >= 4 is 23.2 Å². The van der Waals surface area contributed by atoms with Crippen molar-refractivity contribution in [2.75, 3.05) is 0 Å². The van der Waals surface area contributed by atoms with Crippen LogP contribution in [0.3, 0.4) is 0 Å². The molecule has 0 heterocycles. The van der Waals surface area contributed by atoms with Crippen molar-refractivity contribution in [1.29, 1.82) is 0 Å². The summed E-state index contributed by atoms with van der Waals surface area (Å²) < 4.78 is 5.73. The Kier molecular flexibility index (Phi) is 5.30. The van der Waals surface area contributed by atoms with Gasteiger partial charge in [0.25, 0.3) is 0 Å². The van der Waals surface area contributed by atoms with Crippen molar-refractivity contribution < 1.29 is 4.74 Å². The molecule has 2 rings (SSSR count). The molecular weight excluding hydrogens is 293 g/mol. The third-order valence-electron chi connectivity index (χ3n) is 3.07. The Hall–Kier alpha value is -1.22. The highest BCUT2D eigenvalue weighted by molar-refractivity contribution is 6.35. The molecule has 1 unspecified atom stereocenters. The van der Waals surface area contributed by atoms with Crippen molar-refractivity contribution in [3.63, 3.8) is 0 Å². The highest BCUT2D eigenvalue weighted by Crippen LogP contribution is 2.31. The van der Waals surface area contributed by atoms with E-state index in [0.29, 0.717) is 15.8 Å². The van der Waals surface area contributed by atoms with E-state index in [-0.39, 0.29) is 6.04 Å². The van der Waals surface area contributed by atoms with Crippen molar-refractivity contribution in [2.24, 2.45) is 5.73 Å². The average molecular weight is 310 g/mol. The molecule has 1 atom stereocenters. The summed E-state index contributed by atoms with van der Waals surface area (Å²) in [4.78, 5) is 0. The van der Waals surface area contributed by atoms with Gasteiger partial charge in [0.1, 0.15) is 11.5 Å². The van der Waals surface area contributed by atoms with Gasteiger partial charge in [-0.05, 0) is 48.7 Å². The van der Waals surface area contributed by atoms with Crippen LogP contribution in [0.2, 0.25) is 10.0 Å². The molecule has 2 N–H and O–H groups in total. The van der Waals surface area contributed by atoms with Crippen LogP contribution in [-0.4, -0.2) is 6.04 Å². The first-order chi connectivity index (χ1) is 9.58. The molecule has 2 aromatic rings. The van der Waals surface area contributed by atoms with Crippen LogP contribution in [0.4, 0.5) is 0 Å². The Balaban J connectivity index is 2.07. The van der Waals surface area contributed by atoms with Gasteiger partial charge in [-0.3, -0.25) is 0 Å². The minimum absolute atomic E-state index is 0.201. The third-order valence-corrected chi connectivity index (χ3v) is 3.60. The van der Waals surface area contributed by atoms with Gasteiger partial charge in [0.15, 0.2) is 0 Å². The number of nitrogens with two attached hydrogens (primary N) is 1. The lowest BCUT2D eigenvalue weighted by atomic mass is 10.0. The fourth-order valence-corrected chi connectivity index (χ4v) is 2.27. The average Bonchev–Trinajstić information content (AvgIpc) is 2.44. The lowest BCUT2D eigenvalue weighted by Crippen LogP contribution is -2.21. The molecule has 0 saturated carbocycles. The summed E-state index contributed by atoms with van der Waals surface area (Å²) in [6.45, 7) is 2.09. The molecule has 0 aliphatic heterocycles. The molecule has 4 heteroatoms. The lowest BCUT2D eigenvalue weighted by Gasteiger charge is -2.10. The van der Waals surface area contributed by atoms with Gasteiger partial charge in [-0.2, -0.15) is 0 Å². The topological polar surface area (TPSA) is 35.2 Å². The SMILES string of the molecule is CCC(N)Cc1ccc(Oc2ccc(Cl)cc2Cl)cc1. The molecule has 0 aliphatic rings. The molecule has 0 aliphatic carbocycles. The van der Waals surface area contributed by atoms with Crippen LogP contribution in [0.25, 0.3) is 0 Å². The molecule has 0 aromatic heterocycles. The summed E-state index contributed by atoms with van der Waals surface area (Å²) in [6, 6.07) is 13.2. The first-order valence-electron chi connectivity index (χ1n) is 6.56. The molecule has 0 spiro atoms. The zero-order chi connectivity index (χ0) is 14.5. The summed E-state index contributed by atoms with van der Waals surface area (Å²) >= 11 is 11.9. The standard InChI is InChI=1S/C16H17Cl2NO/c1-2-13(19)9-11-3-6-14(7-4-11)20-16-8-5-12(17)10-15(16)18/h3-8,10,13H,2,9,19H2,1H3. The predicted molar refractivity (Wildman–Crippen MR) is 84.9 cm³/mol. The molecular formula is C16H17Cl2NO. The van der Waals surface area contributed by atoms with Crippen molar-refractivity contribution in [3.8, 4) is 11.5 Å². The maximum Gasteiger partial charge on any atom is 0.146 e. The number of hydrogen-bond acceptors (Lipinski definition) is 2. The first-order valence-corrected chi connectivity index (χ1v) is 7.31. The Bertz CT molecular complexity index is 569. The Morgan fingerprint density at radius 3 is 2.40 bits per heavy atom. The van der Waals surface area contributed by atoms with E-state index in [1.54, 1.807) is 18.2 Å². The van der Waals surface area contributed by atoms with Crippen molar-refractivity contribution in [1.82, 2.24) is 0 Å². The van der Waals surface area contributed by atoms with Crippen molar-refractivity contribution in [2.45, 2.75) is 25.8 Å². The van der Waals surface area contributed by atoms with Crippen LogP contribution < -0.4 is 10.5 Å². The Morgan fingerprint density at radius 2 is 1.80 bits per heavy atom. The maximum atomic E-state index is 6.07. The zero-order valence-corrected chi connectivity index (χ0v) is 12.8. The zero-order valence-electron chi connectivity index (χ0n) is 11.3. The second kappa shape index (κ2) is 6.98. The fourth-order valence-electron chi connectivity index (χ4n) is 1.83. The van der Waals surface area contributed by atoms with Gasteiger partial charge in [-0.1, -0.05) is 42.3 Å². The van der Waals surface area contributed by atoms with Crippen LogP contribution in [0.15, 0.2) is 42.5 Å². The van der Waals surface area contributed by atoms with E-state index in [1.807, 2.05) is 24.3 Å². The first kappa shape index (κ1) is 15.2. The Labute approximate surface area is 129 Å². The minimum atomic E-state index is 0.201. The van der Waals surface area contributed by atoms with Crippen LogP contribution in [0.1, 0.15) is 18.9 Å². The molecule has 0 bridgehead atoms. The molecule has 0 amide bonds. The second-order valence-electron chi connectivity index (χ2n) is 4.69. The minimum Gasteiger partial charge on any atom is -0.456 e. The fraction of sp³-hybridized carbons (Fsp3) is 0.250. The van der Waals surface area contributed by atoms with E-state index >= 15 is 0 Å². The quantitative estimate of drug-likeness (QED) is 0.837. The Morgan fingerprint density at radius 1 is 1.10 bits per heavy atom. The van der Waals surface area contributed by atoms with Gasteiger partial charge in [0.2, 0.25) is 0 Å². The predicted octanol–water partition coefficient (Wildman–Crippen LogP) is 5.07. The molecule has 2 aromatic carbocycles. The van der Waals surface area contributed by atoms with Gasteiger partial charge in [0, 0.05) is 11.1 Å². The lowest BCUT2D eigenvalue weighted by molar-refractivity contribution is 0.482. The number of ether oxygens (including phenoxy) is 1. The molecule has 20 heavy (non-hydrogen) atoms. The van der Waals surface area contributed by atoms with Gasteiger partial charge < -0.3 is 10.5 Å². The highest BCUT2D eigenvalue weighted by Gasteiger charge is 2.05. The summed E-state index contributed by atoms with van der Waals surface area (Å²) in [5, 5.41) is 1.08. The normalized spacial score (nSPS) is 12.2. The smallest absolute Gasteiger partial charge is 0.146 e. The van der Waals surface area contributed by atoms with Crippen LogP contribution in [-0.2, 0) is 6.42 Å². The van der Waals surface area contributed by atoms with Gasteiger partial charge in [-0.25, -0.2) is 0 Å². The van der Waals surface area contributed by atoms with Crippen molar-refractivity contribution in [3.05, 3.63) is 58.1 Å². The summed E-state index contributed by atoms with van der Waals surface area (Å²) in [7, 11) is 0. The van der Waals surface area contributed by atoms with E-state index < -0.39 is 0 Å². The van der Waals surface area contributed by atoms with Crippen LogP contribution >= 0.6 is 23.2 Å². The van der Waals surface area contributed by atoms with Crippen LogP contribution in [0.5, 0.6) is 11.5 Å². The third kappa shape index (κ3) is 4.14. The molecule has 0 saturated heterocycles. The molecule has 0 fully saturated rings. The van der Waals surface area contributed by atoms with E-state index in [2.05, 4.69) is 6.92 Å².